The molecule has 3 aromatic rings. The third-order valence-corrected chi connectivity index (χ3v) is 3.96. The van der Waals surface area contributed by atoms with Crippen LogP contribution in [0.25, 0.3) is 11.1 Å². The van der Waals surface area contributed by atoms with Crippen molar-refractivity contribution in [3.05, 3.63) is 64.1 Å². The van der Waals surface area contributed by atoms with Crippen molar-refractivity contribution in [2.45, 2.75) is 19.8 Å². The molecule has 118 valence electrons. The summed E-state index contributed by atoms with van der Waals surface area (Å²) in [6.45, 7) is 2.04. The Labute approximate surface area is 133 Å². The normalized spacial score (nSPS) is 10.9. The number of nitrogens with zero attached hydrogens (tertiary/aromatic N) is 1. The van der Waals surface area contributed by atoms with E-state index in [1.165, 1.54) is 15.7 Å². The molecule has 0 fully saturated rings. The van der Waals surface area contributed by atoms with Crippen LogP contribution in [0.2, 0.25) is 0 Å². The molecule has 0 radical (unpaired) electrons. The molecule has 0 aliphatic rings. The van der Waals surface area contributed by atoms with Gasteiger partial charge in [0.15, 0.2) is 5.58 Å². The van der Waals surface area contributed by atoms with Gasteiger partial charge in [-0.1, -0.05) is 24.3 Å². The average molecular weight is 310 g/mol. The highest BCUT2D eigenvalue weighted by Gasteiger charge is 2.09. The van der Waals surface area contributed by atoms with Crippen LogP contribution in [0.5, 0.6) is 0 Å². The molecule has 0 spiro atoms. The lowest BCUT2D eigenvalue weighted by atomic mass is 10.0. The summed E-state index contributed by atoms with van der Waals surface area (Å²) in [5.41, 5.74) is 4.19. The third-order valence-electron chi connectivity index (χ3n) is 3.96. The van der Waals surface area contributed by atoms with Crippen molar-refractivity contribution in [3.63, 3.8) is 0 Å². The van der Waals surface area contributed by atoms with Gasteiger partial charge in [-0.15, -0.1) is 0 Å². The lowest BCUT2D eigenvalue weighted by Gasteiger charge is -2.07. The van der Waals surface area contributed by atoms with E-state index in [9.17, 15) is 9.59 Å². The smallest absolute Gasteiger partial charge is 0.408 e. The van der Waals surface area contributed by atoms with E-state index >= 15 is 0 Å². The quantitative estimate of drug-likeness (QED) is 0.805. The molecule has 0 saturated heterocycles. The van der Waals surface area contributed by atoms with Crippen LogP contribution >= 0.6 is 0 Å². The Morgan fingerprint density at radius 1 is 1.22 bits per heavy atom. The van der Waals surface area contributed by atoms with Gasteiger partial charge in [0, 0.05) is 19.2 Å². The second-order valence-electron chi connectivity index (χ2n) is 5.58. The number of benzene rings is 2. The van der Waals surface area contributed by atoms with Gasteiger partial charge in [-0.05, 0) is 42.7 Å². The van der Waals surface area contributed by atoms with Crippen LogP contribution in [0, 0.1) is 6.92 Å². The number of anilines is 1. The number of amides is 1. The van der Waals surface area contributed by atoms with Gasteiger partial charge in [-0.25, -0.2) is 4.79 Å². The number of rotatable bonds is 4. The maximum atomic E-state index is 12.1. The number of aromatic nitrogens is 1. The highest BCUT2D eigenvalue weighted by molar-refractivity contribution is 5.92. The van der Waals surface area contributed by atoms with Gasteiger partial charge in [0.25, 0.3) is 0 Å². The van der Waals surface area contributed by atoms with Gasteiger partial charge in [0.05, 0.1) is 5.52 Å². The van der Waals surface area contributed by atoms with Gasteiger partial charge >= 0.3 is 5.76 Å². The monoisotopic (exact) mass is 310 g/mol. The van der Waals surface area contributed by atoms with E-state index in [-0.39, 0.29) is 5.91 Å². The molecule has 5 heteroatoms. The van der Waals surface area contributed by atoms with Crippen LogP contribution in [0.15, 0.2) is 51.7 Å². The second-order valence-corrected chi connectivity index (χ2v) is 5.58. The van der Waals surface area contributed by atoms with Crippen LogP contribution in [0.3, 0.4) is 0 Å². The van der Waals surface area contributed by atoms with E-state index in [1.54, 1.807) is 25.2 Å². The summed E-state index contributed by atoms with van der Waals surface area (Å²) in [6.07, 6.45) is 1.11. The predicted octanol–water partition coefficient (Wildman–Crippen LogP) is 3.01. The minimum Gasteiger partial charge on any atom is -0.408 e. The molecule has 1 amide bonds. The summed E-state index contributed by atoms with van der Waals surface area (Å²) >= 11 is 0. The molecular formula is C18H18N2O3. The zero-order valence-corrected chi connectivity index (χ0v) is 13.1. The Bertz CT molecular complexity index is 921. The first kappa shape index (κ1) is 15.1. The second kappa shape index (κ2) is 6.12. The fourth-order valence-electron chi connectivity index (χ4n) is 2.57. The number of oxazole rings is 1. The zero-order chi connectivity index (χ0) is 16.4. The molecule has 5 nitrogen and oxygen atoms in total. The molecule has 0 unspecified atom stereocenters. The number of hydrogen-bond acceptors (Lipinski definition) is 3. The third kappa shape index (κ3) is 3.18. The van der Waals surface area contributed by atoms with E-state index in [1.807, 2.05) is 31.2 Å². The number of hydrogen-bond donors (Lipinski definition) is 1. The van der Waals surface area contributed by atoms with Gasteiger partial charge in [0.2, 0.25) is 5.91 Å². The Hall–Kier alpha value is -2.82. The molecule has 1 N–H and O–H groups in total. The summed E-state index contributed by atoms with van der Waals surface area (Å²) < 4.78 is 6.49. The average Bonchev–Trinajstić information content (AvgIpc) is 2.81. The highest BCUT2D eigenvalue weighted by atomic mass is 16.4. The summed E-state index contributed by atoms with van der Waals surface area (Å²) in [5, 5.41) is 2.86. The Balaban J connectivity index is 1.69. The summed E-state index contributed by atoms with van der Waals surface area (Å²) in [5.74, 6) is -0.468. The first-order valence-corrected chi connectivity index (χ1v) is 7.48. The molecule has 1 aromatic heterocycles. The standard InChI is InChI=1S/C18H18N2O3/c1-12-5-3-4-6-13(12)7-10-17(21)19-14-8-9-16-15(11-14)20(2)18(22)23-16/h3-6,8-9,11H,7,10H2,1-2H3,(H,19,21). The number of carbonyl (C=O) groups is 1. The van der Waals surface area contributed by atoms with Gasteiger partial charge in [0.1, 0.15) is 0 Å². The first-order valence-electron chi connectivity index (χ1n) is 7.48. The lowest BCUT2D eigenvalue weighted by Crippen LogP contribution is -2.13. The highest BCUT2D eigenvalue weighted by Crippen LogP contribution is 2.18. The van der Waals surface area contributed by atoms with Gasteiger partial charge in [-0.2, -0.15) is 0 Å². The van der Waals surface area contributed by atoms with Crippen molar-refractivity contribution in [2.75, 3.05) is 5.32 Å². The van der Waals surface area contributed by atoms with Crippen molar-refractivity contribution in [2.24, 2.45) is 7.05 Å². The van der Waals surface area contributed by atoms with E-state index in [0.29, 0.717) is 29.6 Å². The van der Waals surface area contributed by atoms with E-state index in [4.69, 9.17) is 4.42 Å². The van der Waals surface area contributed by atoms with Crippen molar-refractivity contribution < 1.29 is 9.21 Å². The summed E-state index contributed by atoms with van der Waals surface area (Å²) in [7, 11) is 1.64. The van der Waals surface area contributed by atoms with Crippen LogP contribution in [-0.4, -0.2) is 10.5 Å². The van der Waals surface area contributed by atoms with Gasteiger partial charge < -0.3 is 9.73 Å². The van der Waals surface area contributed by atoms with Crippen LogP contribution < -0.4 is 11.1 Å². The molecule has 0 bridgehead atoms. The van der Waals surface area contributed by atoms with Crippen molar-refractivity contribution in [1.29, 1.82) is 0 Å². The van der Waals surface area contributed by atoms with E-state index in [2.05, 4.69) is 5.32 Å². The lowest BCUT2D eigenvalue weighted by molar-refractivity contribution is -0.116. The van der Waals surface area contributed by atoms with Crippen LogP contribution in [-0.2, 0) is 18.3 Å². The Morgan fingerprint density at radius 2 is 2.00 bits per heavy atom. The predicted molar refractivity (Wildman–Crippen MR) is 89.6 cm³/mol. The SMILES string of the molecule is Cc1ccccc1CCC(=O)Nc1ccc2oc(=O)n(C)c2c1. The first-order chi connectivity index (χ1) is 11.0. The van der Waals surface area contributed by atoms with Crippen molar-refractivity contribution in [3.8, 4) is 0 Å². The molecule has 2 aromatic carbocycles. The molecule has 23 heavy (non-hydrogen) atoms. The molecule has 0 aliphatic heterocycles. The Kier molecular flexibility index (Phi) is 4.02. The number of carbonyl (C=O) groups excluding carboxylic acids is 1. The zero-order valence-electron chi connectivity index (χ0n) is 13.1. The molecule has 0 atom stereocenters. The molecular weight excluding hydrogens is 292 g/mol. The van der Waals surface area contributed by atoms with E-state index in [0.717, 1.165) is 0 Å². The molecule has 0 saturated carbocycles. The number of nitrogens with one attached hydrogen (secondary N) is 1. The Morgan fingerprint density at radius 3 is 2.78 bits per heavy atom. The van der Waals surface area contributed by atoms with Crippen molar-refractivity contribution >= 4 is 22.7 Å². The van der Waals surface area contributed by atoms with Crippen LogP contribution in [0.1, 0.15) is 17.5 Å². The fraction of sp³-hybridized carbons (Fsp3) is 0.222. The summed E-state index contributed by atoms with van der Waals surface area (Å²) in [6, 6.07) is 13.2. The maximum absolute atomic E-state index is 12.1. The van der Waals surface area contributed by atoms with Gasteiger partial charge in [-0.3, -0.25) is 9.36 Å². The minimum absolute atomic E-state index is 0.0545. The largest absolute Gasteiger partial charge is 0.419 e. The molecule has 1 heterocycles. The maximum Gasteiger partial charge on any atom is 0.419 e. The minimum atomic E-state index is -0.414. The van der Waals surface area contributed by atoms with Crippen molar-refractivity contribution in [1.82, 2.24) is 4.57 Å². The topological polar surface area (TPSA) is 64.2 Å². The number of fused-ring (bicyclic) bond motifs is 1. The van der Waals surface area contributed by atoms with E-state index < -0.39 is 5.76 Å². The molecule has 3 rings (SSSR count). The van der Waals surface area contributed by atoms with Crippen LogP contribution in [0.4, 0.5) is 5.69 Å². The number of aryl methyl sites for hydroxylation is 3. The summed E-state index contributed by atoms with van der Waals surface area (Å²) in [4.78, 5) is 23.6. The molecule has 0 aliphatic carbocycles. The fourth-order valence-corrected chi connectivity index (χ4v) is 2.57.